The summed E-state index contributed by atoms with van der Waals surface area (Å²) in [6.07, 6.45) is 1.33. The number of ether oxygens (including phenoxy) is 1. The van der Waals surface area contributed by atoms with Crippen LogP contribution in [-0.2, 0) is 11.2 Å². The van der Waals surface area contributed by atoms with Gasteiger partial charge in [-0.1, -0.05) is 26.0 Å². The minimum Gasteiger partial charge on any atom is -0.497 e. The molecule has 0 aliphatic heterocycles. The van der Waals surface area contributed by atoms with E-state index in [2.05, 4.69) is 0 Å². The highest BCUT2D eigenvalue weighted by Crippen LogP contribution is 2.16. The maximum Gasteiger partial charge on any atom is 0.137 e. The van der Waals surface area contributed by atoms with Gasteiger partial charge >= 0.3 is 0 Å². The van der Waals surface area contributed by atoms with Gasteiger partial charge in [-0.15, -0.1) is 0 Å². The molecule has 3 nitrogen and oxygen atoms in total. The Morgan fingerprint density at radius 3 is 2.33 bits per heavy atom. The fourth-order valence-electron chi connectivity index (χ4n) is 2.02. The van der Waals surface area contributed by atoms with E-state index < -0.39 is 0 Å². The van der Waals surface area contributed by atoms with Crippen LogP contribution in [0.15, 0.2) is 24.3 Å². The van der Waals surface area contributed by atoms with Crippen molar-refractivity contribution >= 4 is 5.78 Å². The molecule has 18 heavy (non-hydrogen) atoms. The molecular weight excluding hydrogens is 226 g/mol. The van der Waals surface area contributed by atoms with Crippen molar-refractivity contribution in [3.05, 3.63) is 29.8 Å². The van der Waals surface area contributed by atoms with Crippen molar-refractivity contribution in [2.45, 2.75) is 26.7 Å². The maximum absolute atomic E-state index is 12.0. The topological polar surface area (TPSA) is 52.3 Å². The third kappa shape index (κ3) is 4.15. The predicted molar refractivity (Wildman–Crippen MR) is 73.7 cm³/mol. The van der Waals surface area contributed by atoms with Crippen molar-refractivity contribution in [2.75, 3.05) is 13.7 Å². The zero-order valence-electron chi connectivity index (χ0n) is 11.5. The number of aryl methyl sites for hydroxylation is 1. The highest BCUT2D eigenvalue weighted by Gasteiger charge is 2.19. The monoisotopic (exact) mass is 249 g/mol. The molecule has 1 aromatic carbocycles. The summed E-state index contributed by atoms with van der Waals surface area (Å²) in [5.41, 5.74) is 6.80. The molecule has 2 N–H and O–H groups in total. The summed E-state index contributed by atoms with van der Waals surface area (Å²) in [6, 6.07) is 7.84. The van der Waals surface area contributed by atoms with Crippen LogP contribution in [0, 0.1) is 11.8 Å². The molecule has 0 bridgehead atoms. The molecule has 0 fully saturated rings. The van der Waals surface area contributed by atoms with Crippen LogP contribution in [-0.4, -0.2) is 19.4 Å². The third-order valence-corrected chi connectivity index (χ3v) is 3.29. The van der Waals surface area contributed by atoms with Gasteiger partial charge in [0.2, 0.25) is 0 Å². The lowest BCUT2D eigenvalue weighted by molar-refractivity contribution is -0.123. The van der Waals surface area contributed by atoms with Crippen molar-refractivity contribution < 1.29 is 9.53 Å². The van der Waals surface area contributed by atoms with Crippen LogP contribution in [0.25, 0.3) is 0 Å². The van der Waals surface area contributed by atoms with E-state index in [-0.39, 0.29) is 11.7 Å². The Hall–Kier alpha value is -1.35. The van der Waals surface area contributed by atoms with Gasteiger partial charge in [-0.3, -0.25) is 4.79 Å². The summed E-state index contributed by atoms with van der Waals surface area (Å²) in [7, 11) is 1.65. The average Bonchev–Trinajstić information content (AvgIpc) is 2.37. The molecule has 0 heterocycles. The number of methoxy groups -OCH3 is 1. The summed E-state index contributed by atoms with van der Waals surface area (Å²) in [4.78, 5) is 12.0. The Bertz CT molecular complexity index is 371. The second kappa shape index (κ2) is 7.17. The van der Waals surface area contributed by atoms with E-state index in [0.717, 1.165) is 17.7 Å². The number of Topliss-reactive ketones (excluding diaryl/α,β-unsaturated/α-hetero) is 1. The molecule has 1 aromatic rings. The fraction of sp³-hybridized carbons (Fsp3) is 0.533. The standard InChI is InChI=1S/C15H23NO2/c1-11(2)14(10-16)15(17)9-6-12-4-7-13(18-3)8-5-12/h4-5,7-8,11,14H,6,9-10,16H2,1-3H3. The summed E-state index contributed by atoms with van der Waals surface area (Å²) in [5.74, 6) is 1.41. The van der Waals surface area contributed by atoms with Crippen molar-refractivity contribution in [3.63, 3.8) is 0 Å². The Labute approximate surface area is 109 Å². The molecule has 1 rings (SSSR count). The van der Waals surface area contributed by atoms with E-state index in [1.165, 1.54) is 0 Å². The van der Waals surface area contributed by atoms with Crippen LogP contribution < -0.4 is 10.5 Å². The number of benzene rings is 1. The van der Waals surface area contributed by atoms with E-state index >= 15 is 0 Å². The highest BCUT2D eigenvalue weighted by atomic mass is 16.5. The Morgan fingerprint density at radius 2 is 1.89 bits per heavy atom. The largest absolute Gasteiger partial charge is 0.497 e. The van der Waals surface area contributed by atoms with Gasteiger partial charge in [-0.25, -0.2) is 0 Å². The van der Waals surface area contributed by atoms with Gasteiger partial charge < -0.3 is 10.5 Å². The van der Waals surface area contributed by atoms with Crippen LogP contribution in [0.3, 0.4) is 0 Å². The SMILES string of the molecule is COc1ccc(CCC(=O)C(CN)C(C)C)cc1. The van der Waals surface area contributed by atoms with Crippen molar-refractivity contribution in [2.24, 2.45) is 17.6 Å². The summed E-state index contributed by atoms with van der Waals surface area (Å²) >= 11 is 0. The molecule has 0 aliphatic rings. The average molecular weight is 249 g/mol. The minimum atomic E-state index is -0.0109. The van der Waals surface area contributed by atoms with Gasteiger partial charge in [0.1, 0.15) is 11.5 Å². The molecule has 0 aliphatic carbocycles. The number of ketones is 1. The van der Waals surface area contributed by atoms with Crippen molar-refractivity contribution in [1.29, 1.82) is 0 Å². The molecular formula is C15H23NO2. The van der Waals surface area contributed by atoms with E-state index in [4.69, 9.17) is 10.5 Å². The molecule has 1 unspecified atom stereocenters. The first-order chi connectivity index (χ1) is 8.58. The number of carbonyl (C=O) groups excluding carboxylic acids is 1. The van der Waals surface area contributed by atoms with Gasteiger partial charge in [0.05, 0.1) is 7.11 Å². The zero-order valence-corrected chi connectivity index (χ0v) is 11.5. The summed E-state index contributed by atoms with van der Waals surface area (Å²) < 4.78 is 5.10. The smallest absolute Gasteiger partial charge is 0.137 e. The Morgan fingerprint density at radius 1 is 1.28 bits per heavy atom. The molecule has 0 amide bonds. The molecule has 3 heteroatoms. The van der Waals surface area contributed by atoms with Crippen LogP contribution in [0.5, 0.6) is 5.75 Å². The first kappa shape index (κ1) is 14.7. The van der Waals surface area contributed by atoms with E-state index in [1.54, 1.807) is 7.11 Å². The Kier molecular flexibility index (Phi) is 5.86. The van der Waals surface area contributed by atoms with Gasteiger partial charge in [0.25, 0.3) is 0 Å². The molecule has 100 valence electrons. The second-order valence-electron chi connectivity index (χ2n) is 4.90. The van der Waals surface area contributed by atoms with E-state index in [9.17, 15) is 4.79 Å². The predicted octanol–water partition coefficient (Wildman–Crippen LogP) is 2.43. The zero-order chi connectivity index (χ0) is 13.5. The lowest BCUT2D eigenvalue weighted by Gasteiger charge is -2.17. The minimum absolute atomic E-state index is 0.0109. The van der Waals surface area contributed by atoms with Crippen LogP contribution in [0.4, 0.5) is 0 Å². The number of hydrogen-bond acceptors (Lipinski definition) is 3. The lowest BCUT2D eigenvalue weighted by Crippen LogP contribution is -2.28. The van der Waals surface area contributed by atoms with Crippen molar-refractivity contribution in [1.82, 2.24) is 0 Å². The van der Waals surface area contributed by atoms with Crippen LogP contribution >= 0.6 is 0 Å². The molecule has 0 saturated carbocycles. The molecule has 0 saturated heterocycles. The second-order valence-corrected chi connectivity index (χ2v) is 4.90. The Balaban J connectivity index is 2.51. The summed E-state index contributed by atoms with van der Waals surface area (Å²) in [6.45, 7) is 4.53. The van der Waals surface area contributed by atoms with Gasteiger partial charge in [0, 0.05) is 18.9 Å². The van der Waals surface area contributed by atoms with Gasteiger partial charge in [-0.2, -0.15) is 0 Å². The van der Waals surface area contributed by atoms with E-state index in [1.807, 2.05) is 38.1 Å². The number of carbonyl (C=O) groups is 1. The third-order valence-electron chi connectivity index (χ3n) is 3.29. The number of nitrogens with two attached hydrogens (primary N) is 1. The van der Waals surface area contributed by atoms with Crippen molar-refractivity contribution in [3.8, 4) is 5.75 Å². The first-order valence-corrected chi connectivity index (χ1v) is 6.44. The normalized spacial score (nSPS) is 12.5. The van der Waals surface area contributed by atoms with Gasteiger partial charge in [0.15, 0.2) is 0 Å². The fourth-order valence-corrected chi connectivity index (χ4v) is 2.02. The molecule has 0 radical (unpaired) electrons. The van der Waals surface area contributed by atoms with Gasteiger partial charge in [-0.05, 0) is 30.0 Å². The number of rotatable bonds is 7. The van der Waals surface area contributed by atoms with E-state index in [0.29, 0.717) is 18.9 Å². The van der Waals surface area contributed by atoms with Crippen LogP contribution in [0.1, 0.15) is 25.8 Å². The molecule has 0 aromatic heterocycles. The van der Waals surface area contributed by atoms with Crippen LogP contribution in [0.2, 0.25) is 0 Å². The maximum atomic E-state index is 12.0. The first-order valence-electron chi connectivity index (χ1n) is 6.44. The molecule has 0 spiro atoms. The highest BCUT2D eigenvalue weighted by molar-refractivity contribution is 5.81. The number of hydrogen-bond donors (Lipinski definition) is 1. The summed E-state index contributed by atoms with van der Waals surface area (Å²) in [5, 5.41) is 0. The lowest BCUT2D eigenvalue weighted by atomic mass is 9.89. The molecule has 1 atom stereocenters. The quantitative estimate of drug-likeness (QED) is 0.807.